The van der Waals surface area contributed by atoms with Crippen LogP contribution in [-0.2, 0) is 23.7 Å². The molecular formula is C67H100F2N2S5. The molecule has 0 aliphatic heterocycles. The van der Waals surface area contributed by atoms with Gasteiger partial charge in [-0.1, -0.05) is 255 Å². The number of hydrogen-bond donors (Lipinski definition) is 0. The van der Waals surface area contributed by atoms with Gasteiger partial charge in [-0.2, -0.15) is 8.75 Å². The number of aromatic nitrogens is 2. The molecule has 2 atom stereocenters. The van der Waals surface area contributed by atoms with Crippen LogP contribution >= 0.6 is 57.1 Å². The smallest absolute Gasteiger partial charge is 0.170 e. The molecule has 0 fully saturated rings. The second-order valence-electron chi connectivity index (χ2n) is 24.8. The van der Waals surface area contributed by atoms with Crippen molar-refractivity contribution in [1.29, 1.82) is 0 Å². The van der Waals surface area contributed by atoms with Gasteiger partial charge in [0, 0.05) is 39.0 Å². The lowest BCUT2D eigenvalue weighted by Gasteiger charge is -2.18. The average Bonchev–Trinajstić information content (AvgIpc) is 4.27. The van der Waals surface area contributed by atoms with Gasteiger partial charge in [-0.05, 0) is 83.0 Å². The van der Waals surface area contributed by atoms with E-state index >= 15 is 8.78 Å². The van der Waals surface area contributed by atoms with Gasteiger partial charge in [0.1, 0.15) is 11.0 Å². The van der Waals surface area contributed by atoms with Crippen LogP contribution < -0.4 is 0 Å². The second-order valence-corrected chi connectivity index (χ2v) is 29.6. The monoisotopic (exact) mass is 1130 g/mol. The lowest BCUT2D eigenvalue weighted by molar-refractivity contribution is 0.401. The van der Waals surface area contributed by atoms with E-state index in [1.165, 1.54) is 227 Å². The Morgan fingerprint density at radius 2 is 0.697 bits per heavy atom. The Labute approximate surface area is 482 Å². The van der Waals surface area contributed by atoms with E-state index in [9.17, 15) is 0 Å². The molecule has 0 N–H and O–H groups in total. The quantitative estimate of drug-likeness (QED) is 0.0363. The Morgan fingerprint density at radius 1 is 0.395 bits per heavy atom. The zero-order valence-electron chi connectivity index (χ0n) is 49.2. The third-order valence-electron chi connectivity index (χ3n) is 16.0. The van der Waals surface area contributed by atoms with Gasteiger partial charge in [-0.15, -0.1) is 45.3 Å². The van der Waals surface area contributed by atoms with E-state index in [2.05, 4.69) is 106 Å². The van der Waals surface area contributed by atoms with Gasteiger partial charge in [0.05, 0.1) is 22.9 Å². The van der Waals surface area contributed by atoms with Crippen LogP contribution in [0.3, 0.4) is 0 Å². The fraction of sp³-hybridized carbons (Fsp3) is 0.672. The molecule has 0 radical (unpaired) electrons. The summed E-state index contributed by atoms with van der Waals surface area (Å²) in [5.74, 6) is -0.490. The third kappa shape index (κ3) is 18.6. The number of unbranched alkanes of at least 4 members (excludes halogenated alkanes) is 21. The van der Waals surface area contributed by atoms with Gasteiger partial charge >= 0.3 is 0 Å². The van der Waals surface area contributed by atoms with Crippen molar-refractivity contribution in [3.05, 3.63) is 68.9 Å². The van der Waals surface area contributed by atoms with Crippen LogP contribution in [0.1, 0.15) is 276 Å². The predicted octanol–water partition coefficient (Wildman–Crippen LogP) is 25.2. The molecule has 0 saturated carbocycles. The van der Waals surface area contributed by atoms with E-state index in [4.69, 9.17) is 8.75 Å². The Morgan fingerprint density at radius 3 is 0.987 bits per heavy atom. The van der Waals surface area contributed by atoms with Crippen molar-refractivity contribution in [2.24, 2.45) is 11.8 Å². The van der Waals surface area contributed by atoms with Gasteiger partial charge in [0.15, 0.2) is 11.6 Å². The highest BCUT2D eigenvalue weighted by atomic mass is 32.1. The number of benzene rings is 1. The molecule has 0 saturated heterocycles. The summed E-state index contributed by atoms with van der Waals surface area (Å²) >= 11 is 8.06. The zero-order valence-corrected chi connectivity index (χ0v) is 53.3. The third-order valence-corrected chi connectivity index (χ3v) is 22.3. The van der Waals surface area contributed by atoms with Crippen molar-refractivity contribution in [3.8, 4) is 40.4 Å². The standard InChI is InChI=1S/C67H100F2N2S5/c1-11-15-19-23-26-27-31-35-39-49(38-34-30-25-21-17-13-3)45-51-47-55(75-65(51)53-41-43-57(73-53)67(8,9)10)59-61(69)60(68)58(62-63(59)71-76-70-62)54-46-50(64(74-54)52-40-42-56(72-52)66(5,6)7)44-48(36-32-28-22-18-14-4)37-33-29-24-20-16-12-2/h40-43,46-49H,11-39,44-45H2,1-10H3. The summed E-state index contributed by atoms with van der Waals surface area (Å²) in [5, 5.41) is 0. The van der Waals surface area contributed by atoms with Crippen molar-refractivity contribution in [3.63, 3.8) is 0 Å². The predicted molar refractivity (Wildman–Crippen MR) is 339 cm³/mol. The Kier molecular flexibility index (Phi) is 26.7. The molecule has 9 heteroatoms. The lowest BCUT2D eigenvalue weighted by Crippen LogP contribution is -2.07. The fourth-order valence-electron chi connectivity index (χ4n) is 11.3. The van der Waals surface area contributed by atoms with Gasteiger partial charge in [0.25, 0.3) is 0 Å². The summed E-state index contributed by atoms with van der Waals surface area (Å²) < 4.78 is 45.1. The molecule has 0 aliphatic carbocycles. The highest BCUT2D eigenvalue weighted by Gasteiger charge is 2.31. The van der Waals surface area contributed by atoms with Gasteiger partial charge in [0.2, 0.25) is 0 Å². The summed E-state index contributed by atoms with van der Waals surface area (Å²) in [5.41, 5.74) is 4.11. The normalized spacial score (nSPS) is 13.2. The molecule has 0 spiro atoms. The van der Waals surface area contributed by atoms with Crippen molar-refractivity contribution in [2.45, 2.75) is 279 Å². The molecule has 422 valence electrons. The van der Waals surface area contributed by atoms with E-state index in [0.717, 1.165) is 34.3 Å². The van der Waals surface area contributed by atoms with Crippen molar-refractivity contribution in [1.82, 2.24) is 8.75 Å². The summed E-state index contributed by atoms with van der Waals surface area (Å²) in [6.07, 6.45) is 39.3. The maximum Gasteiger partial charge on any atom is 0.170 e. The first kappa shape index (κ1) is 62.9. The summed E-state index contributed by atoms with van der Waals surface area (Å²) in [4.78, 5) is 9.06. The summed E-state index contributed by atoms with van der Waals surface area (Å²) in [7, 11) is 0. The molecule has 0 amide bonds. The number of hydrogen-bond acceptors (Lipinski definition) is 7. The number of thiophene rings is 4. The van der Waals surface area contributed by atoms with Gasteiger partial charge in [-0.3, -0.25) is 0 Å². The maximum atomic E-state index is 17.7. The SMILES string of the molecule is CCCCCCCCCCC(CCCCCCCC)Cc1cc(-c2c(F)c(F)c(-c3cc(CC(CCCCCCC)CCCCCCCC)c(-c4ccc(C(C)(C)C)s4)s3)c3nsnc23)sc1-c1ccc(C(C)(C)C)s1. The summed E-state index contributed by atoms with van der Waals surface area (Å²) in [6, 6.07) is 13.6. The van der Waals surface area contributed by atoms with Crippen molar-refractivity contribution in [2.75, 3.05) is 0 Å². The molecular weight excluding hydrogens is 1030 g/mol. The molecule has 6 aromatic rings. The van der Waals surface area contributed by atoms with Crippen LogP contribution in [-0.4, -0.2) is 8.75 Å². The Hall–Kier alpha value is -2.30. The Bertz CT molecular complexity index is 2570. The van der Waals surface area contributed by atoms with Crippen LogP contribution in [0.4, 0.5) is 8.78 Å². The zero-order chi connectivity index (χ0) is 54.5. The average molecular weight is 1130 g/mol. The van der Waals surface area contributed by atoms with Crippen LogP contribution in [0.15, 0.2) is 36.4 Å². The minimum absolute atomic E-state index is 0.0203. The molecule has 76 heavy (non-hydrogen) atoms. The molecule has 2 unspecified atom stereocenters. The Balaban J connectivity index is 1.39. The van der Waals surface area contributed by atoms with Crippen molar-refractivity contribution < 1.29 is 8.78 Å². The highest BCUT2D eigenvalue weighted by molar-refractivity contribution is 7.25. The maximum absolute atomic E-state index is 17.7. The van der Waals surface area contributed by atoms with E-state index in [1.54, 1.807) is 22.7 Å². The first-order chi connectivity index (χ1) is 36.7. The first-order valence-corrected chi connectivity index (χ1v) is 34.8. The number of nitrogens with zero attached hydrogens (tertiary/aromatic N) is 2. The van der Waals surface area contributed by atoms with E-state index < -0.39 is 11.6 Å². The minimum atomic E-state index is -0.797. The molecule has 5 heterocycles. The number of fused-ring (bicyclic) bond motifs is 1. The van der Waals surface area contributed by atoms with Crippen LogP contribution in [0.2, 0.25) is 0 Å². The number of halogens is 2. The molecule has 5 aromatic heterocycles. The van der Waals surface area contributed by atoms with Crippen molar-refractivity contribution >= 4 is 68.1 Å². The van der Waals surface area contributed by atoms with Crippen LogP contribution in [0.5, 0.6) is 0 Å². The van der Waals surface area contributed by atoms with Crippen LogP contribution in [0.25, 0.3) is 51.4 Å². The molecule has 0 aliphatic rings. The van der Waals surface area contributed by atoms with E-state index in [-0.39, 0.29) is 22.0 Å². The van der Waals surface area contributed by atoms with Gasteiger partial charge < -0.3 is 0 Å². The number of rotatable bonds is 37. The molecule has 1 aromatic carbocycles. The topological polar surface area (TPSA) is 25.8 Å². The highest BCUT2D eigenvalue weighted by Crippen LogP contribution is 2.51. The van der Waals surface area contributed by atoms with Crippen LogP contribution in [0, 0.1) is 23.5 Å². The molecule has 6 rings (SSSR count). The lowest BCUT2D eigenvalue weighted by atomic mass is 9.88. The minimum Gasteiger partial charge on any atom is -0.203 e. The molecule has 2 nitrogen and oxygen atoms in total. The van der Waals surface area contributed by atoms with E-state index in [0.29, 0.717) is 22.9 Å². The molecule has 0 bridgehead atoms. The first-order valence-electron chi connectivity index (χ1n) is 30.8. The summed E-state index contributed by atoms with van der Waals surface area (Å²) in [6.45, 7) is 22.8. The van der Waals surface area contributed by atoms with E-state index in [1.807, 2.05) is 22.7 Å². The largest absolute Gasteiger partial charge is 0.203 e. The van der Waals surface area contributed by atoms with Gasteiger partial charge in [-0.25, -0.2) is 8.78 Å². The second kappa shape index (κ2) is 32.2. The fourth-order valence-corrected chi connectivity index (χ4v) is 16.7.